The molecule has 1 atom stereocenters. The summed E-state index contributed by atoms with van der Waals surface area (Å²) in [5, 5.41) is 13.7. The van der Waals surface area contributed by atoms with Gasteiger partial charge in [-0.1, -0.05) is 0 Å². The van der Waals surface area contributed by atoms with Gasteiger partial charge < -0.3 is 15.2 Å². The maximum absolute atomic E-state index is 12.1. The number of H-pyrrole nitrogens is 1. The van der Waals surface area contributed by atoms with Crippen LogP contribution in [0.15, 0.2) is 12.3 Å². The smallest absolute Gasteiger partial charge is 0.287 e. The fourth-order valence-corrected chi connectivity index (χ4v) is 1.91. The van der Waals surface area contributed by atoms with E-state index in [9.17, 15) is 14.9 Å². The highest BCUT2D eigenvalue weighted by atomic mass is 16.6. The topological polar surface area (TPSA) is 91.3 Å². The number of piperazine rings is 1. The maximum atomic E-state index is 12.1. The van der Waals surface area contributed by atoms with Gasteiger partial charge in [0.25, 0.3) is 11.6 Å². The van der Waals surface area contributed by atoms with E-state index in [4.69, 9.17) is 0 Å². The van der Waals surface area contributed by atoms with Crippen LogP contribution in [0.2, 0.25) is 0 Å². The first kappa shape index (κ1) is 11.6. The zero-order valence-corrected chi connectivity index (χ0v) is 9.47. The van der Waals surface area contributed by atoms with E-state index >= 15 is 0 Å². The number of carbonyl (C=O) groups excluding carboxylic acids is 1. The monoisotopic (exact) mass is 238 g/mol. The molecule has 1 aromatic rings. The van der Waals surface area contributed by atoms with Gasteiger partial charge >= 0.3 is 0 Å². The molecule has 92 valence electrons. The van der Waals surface area contributed by atoms with Gasteiger partial charge in [-0.25, -0.2) is 0 Å². The second-order valence-electron chi connectivity index (χ2n) is 4.08. The Morgan fingerprint density at radius 3 is 3.00 bits per heavy atom. The Bertz CT molecular complexity index is 443. The Hall–Kier alpha value is -1.89. The van der Waals surface area contributed by atoms with Crippen LogP contribution in [0.4, 0.5) is 5.69 Å². The second kappa shape index (κ2) is 4.54. The van der Waals surface area contributed by atoms with Gasteiger partial charge in [0.1, 0.15) is 5.69 Å². The first-order valence-electron chi connectivity index (χ1n) is 5.44. The molecule has 2 N–H and O–H groups in total. The molecule has 0 radical (unpaired) electrons. The van der Waals surface area contributed by atoms with E-state index in [0.29, 0.717) is 6.54 Å². The van der Waals surface area contributed by atoms with Crippen molar-refractivity contribution in [3.8, 4) is 0 Å². The summed E-state index contributed by atoms with van der Waals surface area (Å²) >= 11 is 0. The Kier molecular flexibility index (Phi) is 3.10. The predicted molar refractivity (Wildman–Crippen MR) is 60.8 cm³/mol. The molecule has 0 spiro atoms. The number of hydrogen-bond donors (Lipinski definition) is 2. The maximum Gasteiger partial charge on any atom is 0.287 e. The van der Waals surface area contributed by atoms with E-state index in [0.717, 1.165) is 13.1 Å². The number of aromatic nitrogens is 1. The lowest BCUT2D eigenvalue weighted by Gasteiger charge is -2.33. The molecule has 0 aromatic carbocycles. The minimum Gasteiger partial charge on any atom is -0.351 e. The zero-order chi connectivity index (χ0) is 12.4. The average molecular weight is 238 g/mol. The molecule has 2 heterocycles. The number of rotatable bonds is 2. The van der Waals surface area contributed by atoms with Crippen LogP contribution < -0.4 is 5.32 Å². The summed E-state index contributed by atoms with van der Waals surface area (Å²) < 4.78 is 0. The average Bonchev–Trinajstić information content (AvgIpc) is 2.78. The van der Waals surface area contributed by atoms with Gasteiger partial charge in [-0.2, -0.15) is 0 Å². The van der Waals surface area contributed by atoms with Crippen molar-refractivity contribution in [2.24, 2.45) is 0 Å². The molecule has 17 heavy (non-hydrogen) atoms. The minimum absolute atomic E-state index is 0.0869. The van der Waals surface area contributed by atoms with Gasteiger partial charge in [0.05, 0.1) is 11.1 Å². The Labute approximate surface area is 97.9 Å². The third-order valence-corrected chi connectivity index (χ3v) is 2.87. The van der Waals surface area contributed by atoms with Crippen molar-refractivity contribution in [1.82, 2.24) is 15.2 Å². The molecular weight excluding hydrogens is 224 g/mol. The van der Waals surface area contributed by atoms with Gasteiger partial charge in [-0.15, -0.1) is 0 Å². The summed E-state index contributed by atoms with van der Waals surface area (Å²) in [5.41, 5.74) is 0.182. The zero-order valence-electron chi connectivity index (χ0n) is 9.47. The van der Waals surface area contributed by atoms with Crippen molar-refractivity contribution in [2.75, 3.05) is 19.6 Å². The van der Waals surface area contributed by atoms with Gasteiger partial charge in [-0.3, -0.25) is 14.9 Å². The second-order valence-corrected chi connectivity index (χ2v) is 4.08. The molecule has 7 nitrogen and oxygen atoms in total. The van der Waals surface area contributed by atoms with Gasteiger partial charge in [0.2, 0.25) is 0 Å². The Morgan fingerprint density at radius 1 is 1.65 bits per heavy atom. The highest BCUT2D eigenvalue weighted by Gasteiger charge is 2.26. The molecule has 0 bridgehead atoms. The molecule has 0 aliphatic carbocycles. The number of carbonyl (C=O) groups is 1. The largest absolute Gasteiger partial charge is 0.351 e. The normalized spacial score (nSPS) is 20.3. The molecule has 1 fully saturated rings. The van der Waals surface area contributed by atoms with Crippen LogP contribution in [0.1, 0.15) is 17.4 Å². The number of nitro groups is 1. The van der Waals surface area contributed by atoms with E-state index in [-0.39, 0.29) is 23.3 Å². The van der Waals surface area contributed by atoms with Crippen molar-refractivity contribution < 1.29 is 9.72 Å². The summed E-state index contributed by atoms with van der Waals surface area (Å²) in [6, 6.07) is 1.37. The SMILES string of the molecule is C[C@@H]1CNCCN1C(=O)c1cc([N+](=O)[O-])c[nH]1. The van der Waals surface area contributed by atoms with Crippen LogP contribution in [0.25, 0.3) is 0 Å². The number of nitrogens with one attached hydrogen (secondary N) is 2. The summed E-state index contributed by atoms with van der Waals surface area (Å²) in [4.78, 5) is 26.5. The van der Waals surface area contributed by atoms with Crippen LogP contribution in [0, 0.1) is 10.1 Å². The van der Waals surface area contributed by atoms with E-state index in [1.165, 1.54) is 12.3 Å². The lowest BCUT2D eigenvalue weighted by molar-refractivity contribution is -0.384. The fraction of sp³-hybridized carbons (Fsp3) is 0.500. The first-order chi connectivity index (χ1) is 8.09. The van der Waals surface area contributed by atoms with Crippen LogP contribution >= 0.6 is 0 Å². The standard InChI is InChI=1S/C10H14N4O3/c1-7-5-11-2-3-13(7)10(15)9-4-8(6-12-9)14(16)17/h4,6-7,11-12H,2-3,5H2,1H3/t7-/m1/s1. The van der Waals surface area contributed by atoms with Crippen LogP contribution in [0.3, 0.4) is 0 Å². The molecule has 7 heteroatoms. The molecule has 1 aliphatic heterocycles. The number of amides is 1. The first-order valence-corrected chi connectivity index (χ1v) is 5.44. The minimum atomic E-state index is -0.519. The Balaban J connectivity index is 2.15. The highest BCUT2D eigenvalue weighted by molar-refractivity contribution is 5.93. The summed E-state index contributed by atoms with van der Waals surface area (Å²) in [6.07, 6.45) is 1.24. The molecule has 1 saturated heterocycles. The van der Waals surface area contributed by atoms with Gasteiger partial charge in [0, 0.05) is 31.7 Å². The van der Waals surface area contributed by atoms with Crippen molar-refractivity contribution >= 4 is 11.6 Å². The molecular formula is C10H14N4O3. The van der Waals surface area contributed by atoms with E-state index < -0.39 is 4.92 Å². The Morgan fingerprint density at radius 2 is 2.41 bits per heavy atom. The number of aromatic amines is 1. The molecule has 0 saturated carbocycles. The number of hydrogen-bond acceptors (Lipinski definition) is 4. The third-order valence-electron chi connectivity index (χ3n) is 2.87. The quantitative estimate of drug-likeness (QED) is 0.574. The van der Waals surface area contributed by atoms with Crippen molar-refractivity contribution in [2.45, 2.75) is 13.0 Å². The van der Waals surface area contributed by atoms with Gasteiger partial charge in [0.15, 0.2) is 0 Å². The fourth-order valence-electron chi connectivity index (χ4n) is 1.91. The highest BCUT2D eigenvalue weighted by Crippen LogP contribution is 2.15. The molecule has 1 aromatic heterocycles. The van der Waals surface area contributed by atoms with Crippen LogP contribution in [-0.4, -0.2) is 46.4 Å². The lowest BCUT2D eigenvalue weighted by atomic mass is 10.2. The van der Waals surface area contributed by atoms with Crippen molar-refractivity contribution in [3.05, 3.63) is 28.1 Å². The van der Waals surface area contributed by atoms with Crippen LogP contribution in [-0.2, 0) is 0 Å². The molecule has 2 rings (SSSR count). The van der Waals surface area contributed by atoms with E-state index in [2.05, 4.69) is 10.3 Å². The predicted octanol–water partition coefficient (Wildman–Crippen LogP) is 0.357. The molecule has 0 unspecified atom stereocenters. The molecule has 1 amide bonds. The summed E-state index contributed by atoms with van der Waals surface area (Å²) in [6.45, 7) is 4.06. The summed E-state index contributed by atoms with van der Waals surface area (Å²) in [5.74, 6) is -0.188. The van der Waals surface area contributed by atoms with E-state index in [1.54, 1.807) is 4.90 Å². The summed E-state index contributed by atoms with van der Waals surface area (Å²) in [7, 11) is 0. The van der Waals surface area contributed by atoms with Gasteiger partial charge in [-0.05, 0) is 6.92 Å². The third kappa shape index (κ3) is 2.28. The number of nitrogens with zero attached hydrogens (tertiary/aromatic N) is 2. The molecule has 1 aliphatic rings. The van der Waals surface area contributed by atoms with Crippen LogP contribution in [0.5, 0.6) is 0 Å². The van der Waals surface area contributed by atoms with E-state index in [1.807, 2.05) is 6.92 Å². The van der Waals surface area contributed by atoms with Crippen molar-refractivity contribution in [1.29, 1.82) is 0 Å². The lowest BCUT2D eigenvalue weighted by Crippen LogP contribution is -2.52. The van der Waals surface area contributed by atoms with Crippen molar-refractivity contribution in [3.63, 3.8) is 0 Å².